The summed E-state index contributed by atoms with van der Waals surface area (Å²) in [4.78, 5) is 39.6. The second-order valence-electron chi connectivity index (χ2n) is 4.59. The van der Waals surface area contributed by atoms with Crippen molar-refractivity contribution in [3.8, 4) is 0 Å². The van der Waals surface area contributed by atoms with Crippen LogP contribution in [0.15, 0.2) is 12.3 Å². The first-order valence-electron chi connectivity index (χ1n) is 5.98. The van der Waals surface area contributed by atoms with Gasteiger partial charge in [-0.2, -0.15) is 0 Å². The fourth-order valence-corrected chi connectivity index (χ4v) is 2.57. The second kappa shape index (κ2) is 3.97. The number of hydrogen-bond donors (Lipinski definition) is 2. The summed E-state index contributed by atoms with van der Waals surface area (Å²) in [5.74, 6) is -0.786. The van der Waals surface area contributed by atoms with Crippen LogP contribution in [0.5, 0.6) is 0 Å². The minimum absolute atomic E-state index is 0.157. The second-order valence-corrected chi connectivity index (χ2v) is 4.59. The molecular weight excluding hydrogens is 234 g/mol. The Hall–Kier alpha value is -2.11. The Bertz CT molecular complexity index is 534. The lowest BCUT2D eigenvalue weighted by molar-refractivity contribution is -0.136. The van der Waals surface area contributed by atoms with Gasteiger partial charge >= 0.3 is 0 Å². The molecule has 1 atom stereocenters. The average Bonchev–Trinajstić information content (AvgIpc) is 2.80. The molecule has 2 aliphatic rings. The smallest absolute Gasteiger partial charge is 0.271 e. The number of amides is 3. The summed E-state index contributed by atoms with van der Waals surface area (Å²) >= 11 is 0. The molecule has 0 aliphatic carbocycles. The van der Waals surface area contributed by atoms with Crippen molar-refractivity contribution in [3.63, 3.8) is 0 Å². The van der Waals surface area contributed by atoms with Crippen LogP contribution in [0.25, 0.3) is 0 Å². The zero-order valence-electron chi connectivity index (χ0n) is 9.73. The molecule has 1 aromatic rings. The molecule has 6 heteroatoms. The molecule has 0 saturated carbocycles. The SMILES string of the molecule is O=C1CCC(N2CCc3cc[nH]c3C2=O)C(=O)N1. The van der Waals surface area contributed by atoms with Gasteiger partial charge in [-0.05, 0) is 24.5 Å². The number of carbonyl (C=O) groups is 3. The highest BCUT2D eigenvalue weighted by molar-refractivity contribution is 6.04. The maximum Gasteiger partial charge on any atom is 0.271 e. The molecule has 0 radical (unpaired) electrons. The lowest BCUT2D eigenvalue weighted by atomic mass is 9.99. The van der Waals surface area contributed by atoms with Gasteiger partial charge in [0.1, 0.15) is 11.7 Å². The molecule has 3 rings (SSSR count). The Morgan fingerprint density at radius 2 is 2.06 bits per heavy atom. The van der Waals surface area contributed by atoms with Gasteiger partial charge in [0.25, 0.3) is 5.91 Å². The fraction of sp³-hybridized carbons (Fsp3) is 0.417. The molecule has 0 bridgehead atoms. The van der Waals surface area contributed by atoms with Gasteiger partial charge in [-0.25, -0.2) is 0 Å². The number of imide groups is 1. The van der Waals surface area contributed by atoms with Crippen LogP contribution in [0.2, 0.25) is 0 Å². The topological polar surface area (TPSA) is 82.3 Å². The van der Waals surface area contributed by atoms with Gasteiger partial charge in [0.15, 0.2) is 0 Å². The van der Waals surface area contributed by atoms with E-state index < -0.39 is 6.04 Å². The van der Waals surface area contributed by atoms with E-state index >= 15 is 0 Å². The number of nitrogens with one attached hydrogen (secondary N) is 2. The van der Waals surface area contributed by atoms with E-state index in [-0.39, 0.29) is 24.1 Å². The van der Waals surface area contributed by atoms with E-state index in [0.717, 1.165) is 12.0 Å². The molecule has 6 nitrogen and oxygen atoms in total. The number of nitrogens with zero attached hydrogens (tertiary/aromatic N) is 1. The maximum atomic E-state index is 12.2. The molecule has 1 aromatic heterocycles. The molecule has 18 heavy (non-hydrogen) atoms. The highest BCUT2D eigenvalue weighted by atomic mass is 16.2. The van der Waals surface area contributed by atoms with Gasteiger partial charge in [-0.3, -0.25) is 19.7 Å². The molecule has 94 valence electrons. The molecule has 0 aromatic carbocycles. The first-order valence-corrected chi connectivity index (χ1v) is 5.98. The molecular formula is C12H13N3O3. The average molecular weight is 247 g/mol. The van der Waals surface area contributed by atoms with Gasteiger partial charge in [0, 0.05) is 19.2 Å². The number of carbonyl (C=O) groups excluding carboxylic acids is 3. The highest BCUT2D eigenvalue weighted by Gasteiger charge is 2.37. The van der Waals surface area contributed by atoms with E-state index in [1.165, 1.54) is 0 Å². The van der Waals surface area contributed by atoms with Crippen LogP contribution in [0.3, 0.4) is 0 Å². The summed E-state index contributed by atoms with van der Waals surface area (Å²) in [6.07, 6.45) is 3.17. The molecule has 2 N–H and O–H groups in total. The zero-order valence-corrected chi connectivity index (χ0v) is 9.73. The zero-order chi connectivity index (χ0) is 12.7. The maximum absolute atomic E-state index is 12.2. The number of rotatable bonds is 1. The molecule has 3 amide bonds. The summed E-state index contributed by atoms with van der Waals surface area (Å²) in [5.41, 5.74) is 1.55. The number of aromatic amines is 1. The first kappa shape index (κ1) is 11.0. The van der Waals surface area contributed by atoms with Crippen LogP contribution < -0.4 is 5.32 Å². The Morgan fingerprint density at radius 1 is 1.22 bits per heavy atom. The van der Waals surface area contributed by atoms with Gasteiger partial charge < -0.3 is 9.88 Å². The minimum atomic E-state index is -0.522. The lowest BCUT2D eigenvalue weighted by Gasteiger charge is -2.35. The van der Waals surface area contributed by atoms with Crippen molar-refractivity contribution in [3.05, 3.63) is 23.5 Å². The quantitative estimate of drug-likeness (QED) is 0.675. The van der Waals surface area contributed by atoms with Crippen LogP contribution in [-0.4, -0.2) is 40.2 Å². The van der Waals surface area contributed by atoms with E-state index in [4.69, 9.17) is 0 Å². The Balaban J connectivity index is 1.84. The van der Waals surface area contributed by atoms with Crippen LogP contribution in [-0.2, 0) is 16.0 Å². The standard InChI is InChI=1S/C12H13N3O3/c16-9-2-1-8(11(17)14-9)15-6-4-7-3-5-13-10(7)12(15)18/h3,5,8,13H,1-2,4,6H2,(H,14,16,17). The highest BCUT2D eigenvalue weighted by Crippen LogP contribution is 2.22. The predicted octanol–water partition coefficient (Wildman–Crippen LogP) is -0.182. The van der Waals surface area contributed by atoms with Gasteiger partial charge in [0.2, 0.25) is 11.8 Å². The van der Waals surface area contributed by atoms with Crippen LogP contribution in [0.1, 0.15) is 28.9 Å². The lowest BCUT2D eigenvalue weighted by Crippen LogP contribution is -2.55. The molecule has 0 spiro atoms. The molecule has 1 saturated heterocycles. The van der Waals surface area contributed by atoms with E-state index in [2.05, 4.69) is 10.3 Å². The van der Waals surface area contributed by atoms with Gasteiger partial charge in [-0.15, -0.1) is 0 Å². The van der Waals surface area contributed by atoms with Crippen molar-refractivity contribution in [1.82, 2.24) is 15.2 Å². The third kappa shape index (κ3) is 1.61. The number of aromatic nitrogens is 1. The summed E-state index contributed by atoms with van der Waals surface area (Å²) in [6, 6.07) is 1.36. The van der Waals surface area contributed by atoms with Gasteiger partial charge in [-0.1, -0.05) is 0 Å². The first-order chi connectivity index (χ1) is 8.66. The molecule has 1 unspecified atom stereocenters. The van der Waals surface area contributed by atoms with E-state index in [1.54, 1.807) is 11.1 Å². The number of hydrogen-bond acceptors (Lipinski definition) is 3. The van der Waals surface area contributed by atoms with Crippen LogP contribution >= 0.6 is 0 Å². The largest absolute Gasteiger partial charge is 0.357 e. The summed E-state index contributed by atoms with van der Waals surface area (Å²) in [5, 5.41) is 2.28. The van der Waals surface area contributed by atoms with Crippen molar-refractivity contribution < 1.29 is 14.4 Å². The van der Waals surface area contributed by atoms with Crippen molar-refractivity contribution in [2.24, 2.45) is 0 Å². The minimum Gasteiger partial charge on any atom is -0.357 e. The van der Waals surface area contributed by atoms with E-state index in [0.29, 0.717) is 18.7 Å². The molecule has 3 heterocycles. The monoisotopic (exact) mass is 247 g/mol. The summed E-state index contributed by atoms with van der Waals surface area (Å²) in [6.45, 7) is 0.524. The molecule has 2 aliphatic heterocycles. The normalized spacial score (nSPS) is 23.9. The fourth-order valence-electron chi connectivity index (χ4n) is 2.57. The van der Waals surface area contributed by atoms with E-state index in [1.807, 2.05) is 6.07 Å². The summed E-state index contributed by atoms with van der Waals surface area (Å²) in [7, 11) is 0. The van der Waals surface area contributed by atoms with Crippen LogP contribution in [0.4, 0.5) is 0 Å². The predicted molar refractivity (Wildman–Crippen MR) is 61.7 cm³/mol. The van der Waals surface area contributed by atoms with Gasteiger partial charge in [0.05, 0.1) is 0 Å². The molecule has 1 fully saturated rings. The third-order valence-electron chi connectivity index (χ3n) is 3.52. The van der Waals surface area contributed by atoms with Crippen LogP contribution in [0, 0.1) is 0 Å². The number of fused-ring (bicyclic) bond motifs is 1. The van der Waals surface area contributed by atoms with Crippen molar-refractivity contribution >= 4 is 17.7 Å². The number of piperidine rings is 1. The van der Waals surface area contributed by atoms with Crippen molar-refractivity contribution in [1.29, 1.82) is 0 Å². The summed E-state index contributed by atoms with van der Waals surface area (Å²) < 4.78 is 0. The third-order valence-corrected chi connectivity index (χ3v) is 3.52. The Kier molecular flexibility index (Phi) is 2.43. The Labute approximate surface area is 103 Å². The van der Waals surface area contributed by atoms with E-state index in [9.17, 15) is 14.4 Å². The van der Waals surface area contributed by atoms with Crippen molar-refractivity contribution in [2.45, 2.75) is 25.3 Å². The Morgan fingerprint density at radius 3 is 2.83 bits per heavy atom. The number of H-pyrrole nitrogens is 1. The van der Waals surface area contributed by atoms with Crippen molar-refractivity contribution in [2.75, 3.05) is 6.54 Å².